The summed E-state index contributed by atoms with van der Waals surface area (Å²) in [5, 5.41) is 0.612. The summed E-state index contributed by atoms with van der Waals surface area (Å²) in [7, 11) is 1.31. The molecule has 0 spiro atoms. The zero-order chi connectivity index (χ0) is 21.3. The quantitative estimate of drug-likeness (QED) is 0.671. The van der Waals surface area contributed by atoms with Crippen LogP contribution in [0.15, 0.2) is 42.5 Å². The van der Waals surface area contributed by atoms with E-state index in [9.17, 15) is 9.59 Å². The van der Waals surface area contributed by atoms with Crippen molar-refractivity contribution in [2.75, 3.05) is 20.3 Å². The molecular weight excluding hydrogens is 410 g/mol. The Labute approximate surface area is 179 Å². The van der Waals surface area contributed by atoms with Gasteiger partial charge in [-0.2, -0.15) is 0 Å². The number of esters is 1. The smallest absolute Gasteiger partial charge is 0.410 e. The Morgan fingerprint density at radius 2 is 2.07 bits per heavy atom. The van der Waals surface area contributed by atoms with Crippen LogP contribution in [0.1, 0.15) is 24.2 Å². The van der Waals surface area contributed by atoms with E-state index in [-0.39, 0.29) is 24.8 Å². The molecule has 0 bridgehead atoms. The van der Waals surface area contributed by atoms with Gasteiger partial charge in [-0.05, 0) is 48.7 Å². The van der Waals surface area contributed by atoms with Crippen LogP contribution in [-0.2, 0) is 20.7 Å². The van der Waals surface area contributed by atoms with Crippen molar-refractivity contribution in [2.45, 2.75) is 31.6 Å². The van der Waals surface area contributed by atoms with Gasteiger partial charge in [-0.25, -0.2) is 9.59 Å². The molecule has 2 heterocycles. The van der Waals surface area contributed by atoms with E-state index in [1.807, 2.05) is 37.3 Å². The Morgan fingerprint density at radius 3 is 2.83 bits per heavy atom. The molecule has 0 aliphatic carbocycles. The van der Waals surface area contributed by atoms with Gasteiger partial charge < -0.3 is 23.8 Å². The molecule has 3 atom stereocenters. The normalized spacial score (nSPS) is 21.2. The summed E-state index contributed by atoms with van der Waals surface area (Å²) in [5.41, 5.74) is 1.87. The monoisotopic (exact) mass is 431 g/mol. The minimum atomic E-state index is -0.768. The number of hydrogen-bond acceptors (Lipinski definition) is 6. The first-order valence-corrected chi connectivity index (χ1v) is 10.1. The number of cyclic esters (lactones) is 1. The van der Waals surface area contributed by atoms with Gasteiger partial charge in [-0.15, -0.1) is 0 Å². The number of benzene rings is 2. The average molecular weight is 432 g/mol. The predicted octanol–water partition coefficient (Wildman–Crippen LogP) is 3.78. The molecule has 2 aromatic carbocycles. The highest BCUT2D eigenvalue weighted by molar-refractivity contribution is 6.30. The van der Waals surface area contributed by atoms with Crippen molar-refractivity contribution >= 4 is 23.7 Å². The lowest BCUT2D eigenvalue weighted by Crippen LogP contribution is -2.37. The lowest BCUT2D eigenvalue weighted by molar-refractivity contribution is -0.151. The van der Waals surface area contributed by atoms with Gasteiger partial charge in [0.25, 0.3) is 0 Å². The highest BCUT2D eigenvalue weighted by atomic mass is 35.5. The van der Waals surface area contributed by atoms with Crippen LogP contribution in [0.2, 0.25) is 5.02 Å². The Balaban J connectivity index is 1.41. The van der Waals surface area contributed by atoms with Gasteiger partial charge >= 0.3 is 12.1 Å². The molecular formula is C22H22ClNO6. The number of fused-ring (bicyclic) bond motifs is 1. The summed E-state index contributed by atoms with van der Waals surface area (Å²) in [6.45, 7) is 2.54. The lowest BCUT2D eigenvalue weighted by Gasteiger charge is -2.26. The molecule has 1 fully saturated rings. The molecule has 4 rings (SSSR count). The van der Waals surface area contributed by atoms with Crippen molar-refractivity contribution in [1.29, 1.82) is 0 Å². The lowest BCUT2D eigenvalue weighted by atomic mass is 10.0. The van der Waals surface area contributed by atoms with E-state index in [0.29, 0.717) is 29.5 Å². The highest BCUT2D eigenvalue weighted by Gasteiger charge is 2.35. The van der Waals surface area contributed by atoms with Crippen molar-refractivity contribution in [1.82, 2.24) is 4.90 Å². The van der Waals surface area contributed by atoms with E-state index in [1.165, 1.54) is 7.11 Å². The molecule has 8 heteroatoms. The molecule has 158 valence electrons. The maximum Gasteiger partial charge on any atom is 0.410 e. The Morgan fingerprint density at radius 1 is 1.23 bits per heavy atom. The summed E-state index contributed by atoms with van der Waals surface area (Å²) in [4.78, 5) is 25.8. The SMILES string of the molecule is COC(=O)[C@H]1COc2cc(CC(C)N3CC(c4cccc(Cl)c4)OC3=O)ccc2O1. The number of methoxy groups -OCH3 is 1. The van der Waals surface area contributed by atoms with Crippen LogP contribution in [-0.4, -0.2) is 49.4 Å². The fraction of sp³-hybridized carbons (Fsp3) is 0.364. The fourth-order valence-electron chi connectivity index (χ4n) is 3.66. The Kier molecular flexibility index (Phi) is 5.72. The number of halogens is 1. The summed E-state index contributed by atoms with van der Waals surface area (Å²) in [5.74, 6) is 0.593. The number of carbonyl (C=O) groups excluding carboxylic acids is 2. The third-order valence-corrected chi connectivity index (χ3v) is 5.49. The minimum absolute atomic E-state index is 0.0768. The van der Waals surface area contributed by atoms with E-state index < -0.39 is 12.1 Å². The van der Waals surface area contributed by atoms with E-state index in [2.05, 4.69) is 0 Å². The van der Waals surface area contributed by atoms with Gasteiger partial charge in [0.05, 0.1) is 13.7 Å². The maximum absolute atomic E-state index is 12.4. The first-order valence-electron chi connectivity index (χ1n) is 9.67. The third kappa shape index (κ3) is 4.16. The zero-order valence-corrected chi connectivity index (χ0v) is 17.4. The highest BCUT2D eigenvalue weighted by Crippen LogP contribution is 2.34. The van der Waals surface area contributed by atoms with Crippen LogP contribution < -0.4 is 9.47 Å². The summed E-state index contributed by atoms with van der Waals surface area (Å²) >= 11 is 6.06. The molecule has 2 aliphatic heterocycles. The van der Waals surface area contributed by atoms with Crippen LogP contribution in [0.25, 0.3) is 0 Å². The molecule has 2 aromatic rings. The van der Waals surface area contributed by atoms with E-state index in [1.54, 1.807) is 17.0 Å². The fourth-order valence-corrected chi connectivity index (χ4v) is 3.86. The summed E-state index contributed by atoms with van der Waals surface area (Å²) in [6, 6.07) is 12.8. The van der Waals surface area contributed by atoms with Crippen molar-refractivity contribution in [3.05, 3.63) is 58.6 Å². The molecule has 1 saturated heterocycles. The molecule has 30 heavy (non-hydrogen) atoms. The standard InChI is InChI=1S/C22H22ClNO6/c1-13(24-11-19(30-22(24)26)15-4-3-5-16(23)10-15)8-14-6-7-17-18(9-14)28-12-20(29-17)21(25)27-2/h3-7,9-10,13,19-20H,8,11-12H2,1-2H3/t13?,19?,20-/m1/s1. The first-order chi connectivity index (χ1) is 14.4. The molecule has 1 amide bonds. The second kappa shape index (κ2) is 8.44. The number of hydrogen-bond donors (Lipinski definition) is 0. The van der Waals surface area contributed by atoms with Crippen molar-refractivity contribution in [2.24, 2.45) is 0 Å². The largest absolute Gasteiger partial charge is 0.485 e. The van der Waals surface area contributed by atoms with E-state index >= 15 is 0 Å². The minimum Gasteiger partial charge on any atom is -0.485 e. The van der Waals surface area contributed by atoms with Crippen LogP contribution >= 0.6 is 11.6 Å². The van der Waals surface area contributed by atoms with E-state index in [4.69, 9.17) is 30.5 Å². The van der Waals surface area contributed by atoms with Gasteiger partial charge in [0.1, 0.15) is 12.7 Å². The van der Waals surface area contributed by atoms with Gasteiger partial charge in [0.15, 0.2) is 11.5 Å². The second-order valence-electron chi connectivity index (χ2n) is 7.35. The molecule has 0 radical (unpaired) electrons. The van der Waals surface area contributed by atoms with Crippen molar-refractivity contribution < 1.29 is 28.5 Å². The maximum atomic E-state index is 12.4. The molecule has 2 aliphatic rings. The van der Waals surface area contributed by atoms with Crippen LogP contribution in [0, 0.1) is 0 Å². The summed E-state index contributed by atoms with van der Waals surface area (Å²) in [6.07, 6.45) is -0.829. The number of carbonyl (C=O) groups is 2. The van der Waals surface area contributed by atoms with Crippen LogP contribution in [0.4, 0.5) is 4.79 Å². The molecule has 2 unspecified atom stereocenters. The average Bonchev–Trinajstić information content (AvgIpc) is 3.14. The van der Waals surface area contributed by atoms with Crippen molar-refractivity contribution in [3.63, 3.8) is 0 Å². The summed E-state index contributed by atoms with van der Waals surface area (Å²) < 4.78 is 21.6. The first kappa shape index (κ1) is 20.3. The molecule has 0 aromatic heterocycles. The zero-order valence-electron chi connectivity index (χ0n) is 16.7. The van der Waals surface area contributed by atoms with Crippen molar-refractivity contribution in [3.8, 4) is 11.5 Å². The predicted molar refractivity (Wildman–Crippen MR) is 109 cm³/mol. The third-order valence-electron chi connectivity index (χ3n) is 5.26. The molecule has 0 N–H and O–H groups in total. The molecule has 0 saturated carbocycles. The van der Waals surface area contributed by atoms with Gasteiger partial charge in [0, 0.05) is 11.1 Å². The number of nitrogens with zero attached hydrogens (tertiary/aromatic N) is 1. The van der Waals surface area contributed by atoms with Gasteiger partial charge in [0.2, 0.25) is 6.10 Å². The topological polar surface area (TPSA) is 74.3 Å². The Bertz CT molecular complexity index is 964. The van der Waals surface area contributed by atoms with Gasteiger partial charge in [-0.1, -0.05) is 29.8 Å². The second-order valence-corrected chi connectivity index (χ2v) is 7.79. The van der Waals surface area contributed by atoms with Gasteiger partial charge in [-0.3, -0.25) is 0 Å². The number of rotatable bonds is 5. The number of ether oxygens (including phenoxy) is 4. The Hall–Kier alpha value is -2.93. The van der Waals surface area contributed by atoms with E-state index in [0.717, 1.165) is 11.1 Å². The van der Waals surface area contributed by atoms with Crippen LogP contribution in [0.5, 0.6) is 11.5 Å². The molecule has 7 nitrogen and oxygen atoms in total. The van der Waals surface area contributed by atoms with Crippen LogP contribution in [0.3, 0.4) is 0 Å². The number of amides is 1.